The van der Waals surface area contributed by atoms with Crippen LogP contribution in [0.15, 0.2) is 90.0 Å². The average Bonchev–Trinajstić information content (AvgIpc) is 2.87. The summed E-state index contributed by atoms with van der Waals surface area (Å²) in [6.07, 6.45) is 1.58. The van der Waals surface area contributed by atoms with E-state index in [0.717, 1.165) is 20.4 Å². The largest absolute Gasteiger partial charge is 0.493 e. The first kappa shape index (κ1) is 23.6. The van der Waals surface area contributed by atoms with Gasteiger partial charge < -0.3 is 14.8 Å². The minimum absolute atomic E-state index is 0.128. The molecule has 0 aromatic heterocycles. The van der Waals surface area contributed by atoms with Crippen LogP contribution in [0, 0.1) is 3.57 Å². The van der Waals surface area contributed by atoms with E-state index in [2.05, 4.69) is 62.7 Å². The summed E-state index contributed by atoms with van der Waals surface area (Å²) < 4.78 is 12.6. The molecule has 0 bridgehead atoms. The summed E-state index contributed by atoms with van der Waals surface area (Å²) in [5.41, 5.74) is 5.30. The molecular formula is C27H24IN3O3. The molecular weight excluding hydrogens is 541 g/mol. The molecule has 6 nitrogen and oxygen atoms in total. The Bertz CT molecular complexity index is 1300. The summed E-state index contributed by atoms with van der Waals surface area (Å²) >= 11 is 2.22. The molecule has 0 aliphatic carbocycles. The van der Waals surface area contributed by atoms with E-state index in [-0.39, 0.29) is 12.5 Å². The molecule has 172 valence electrons. The van der Waals surface area contributed by atoms with Gasteiger partial charge in [0, 0.05) is 5.69 Å². The van der Waals surface area contributed by atoms with Crippen LogP contribution in [0.4, 0.5) is 5.69 Å². The molecule has 0 aliphatic rings. The van der Waals surface area contributed by atoms with Crippen molar-refractivity contribution in [2.45, 2.75) is 6.61 Å². The number of nitrogens with zero attached hydrogens (tertiary/aromatic N) is 1. The van der Waals surface area contributed by atoms with Crippen molar-refractivity contribution in [2.24, 2.45) is 5.10 Å². The number of carbonyl (C=O) groups excluding carboxylic acids is 1. The molecule has 1 amide bonds. The van der Waals surface area contributed by atoms with Gasteiger partial charge in [-0.3, -0.25) is 4.79 Å². The molecule has 0 aliphatic heterocycles. The lowest BCUT2D eigenvalue weighted by molar-refractivity contribution is -0.119. The van der Waals surface area contributed by atoms with E-state index in [1.54, 1.807) is 13.3 Å². The van der Waals surface area contributed by atoms with Crippen LogP contribution in [-0.4, -0.2) is 25.8 Å². The number of nitrogens with one attached hydrogen (secondary N) is 2. The van der Waals surface area contributed by atoms with Gasteiger partial charge in [-0.2, -0.15) is 5.10 Å². The topological polar surface area (TPSA) is 72.0 Å². The number of para-hydroxylation sites is 1. The number of carbonyl (C=O) groups is 1. The zero-order chi connectivity index (χ0) is 23.8. The van der Waals surface area contributed by atoms with Crippen LogP contribution in [0.1, 0.15) is 11.1 Å². The quantitative estimate of drug-likeness (QED) is 0.158. The number of hydrogen-bond acceptors (Lipinski definition) is 5. The van der Waals surface area contributed by atoms with Crippen molar-refractivity contribution in [1.29, 1.82) is 0 Å². The molecule has 0 saturated heterocycles. The highest BCUT2D eigenvalue weighted by molar-refractivity contribution is 14.1. The van der Waals surface area contributed by atoms with Crippen LogP contribution in [0.25, 0.3) is 10.8 Å². The number of benzene rings is 4. The van der Waals surface area contributed by atoms with Crippen molar-refractivity contribution in [3.63, 3.8) is 0 Å². The summed E-state index contributed by atoms with van der Waals surface area (Å²) in [5, 5.41) is 9.45. The number of halogens is 1. The first-order valence-corrected chi connectivity index (χ1v) is 11.8. The number of ether oxygens (including phenoxy) is 2. The molecule has 0 heterocycles. The number of methoxy groups -OCH3 is 1. The zero-order valence-corrected chi connectivity index (χ0v) is 20.8. The summed E-state index contributed by atoms with van der Waals surface area (Å²) in [6.45, 7) is 0.550. The van der Waals surface area contributed by atoms with Gasteiger partial charge in [-0.25, -0.2) is 5.43 Å². The first-order chi connectivity index (χ1) is 16.6. The van der Waals surface area contributed by atoms with E-state index in [1.807, 2.05) is 60.7 Å². The van der Waals surface area contributed by atoms with Gasteiger partial charge in [0.1, 0.15) is 6.61 Å². The van der Waals surface area contributed by atoms with Crippen molar-refractivity contribution in [3.8, 4) is 11.5 Å². The van der Waals surface area contributed by atoms with Gasteiger partial charge >= 0.3 is 0 Å². The fraction of sp³-hybridized carbons (Fsp3) is 0.111. The van der Waals surface area contributed by atoms with Crippen LogP contribution in [0.5, 0.6) is 11.5 Å². The van der Waals surface area contributed by atoms with Crippen LogP contribution >= 0.6 is 22.6 Å². The Morgan fingerprint density at radius 3 is 2.59 bits per heavy atom. The van der Waals surface area contributed by atoms with Gasteiger partial charge in [-0.1, -0.05) is 60.7 Å². The number of rotatable bonds is 9. The van der Waals surface area contributed by atoms with Gasteiger partial charge in [0.25, 0.3) is 5.91 Å². The fourth-order valence-corrected chi connectivity index (χ4v) is 4.26. The molecule has 7 heteroatoms. The van der Waals surface area contributed by atoms with E-state index in [1.165, 1.54) is 10.8 Å². The minimum atomic E-state index is -0.239. The maximum atomic E-state index is 12.0. The van der Waals surface area contributed by atoms with Gasteiger partial charge in [-0.15, -0.1) is 0 Å². The normalized spacial score (nSPS) is 10.9. The van der Waals surface area contributed by atoms with Crippen LogP contribution in [0.2, 0.25) is 0 Å². The third kappa shape index (κ3) is 6.05. The molecule has 34 heavy (non-hydrogen) atoms. The maximum absolute atomic E-state index is 12.0. The molecule has 0 radical (unpaired) electrons. The van der Waals surface area contributed by atoms with E-state index >= 15 is 0 Å². The van der Waals surface area contributed by atoms with Gasteiger partial charge in [0.2, 0.25) is 0 Å². The Morgan fingerprint density at radius 1 is 1.00 bits per heavy atom. The second-order valence-corrected chi connectivity index (χ2v) is 8.64. The highest BCUT2D eigenvalue weighted by atomic mass is 127. The summed E-state index contributed by atoms with van der Waals surface area (Å²) in [6, 6.07) is 27.7. The third-order valence-corrected chi connectivity index (χ3v) is 5.93. The van der Waals surface area contributed by atoms with Gasteiger partial charge in [-0.05, 0) is 68.8 Å². The monoisotopic (exact) mass is 565 g/mol. The Labute approximate surface area is 212 Å². The molecule has 4 rings (SSSR count). The summed E-state index contributed by atoms with van der Waals surface area (Å²) in [7, 11) is 1.61. The lowest BCUT2D eigenvalue weighted by Crippen LogP contribution is -2.25. The third-order valence-electron chi connectivity index (χ3n) is 5.13. The number of fused-ring (bicyclic) bond motifs is 1. The Hall–Kier alpha value is -3.59. The maximum Gasteiger partial charge on any atom is 0.259 e. The standard InChI is InChI=1S/C27H24IN3O3/c1-33-25-15-19(16-30-31-26(32)17-29-22-11-3-2-4-12-22)14-24(28)27(25)34-18-21-10-7-9-20-8-5-6-13-23(20)21/h2-16,29H,17-18H2,1H3,(H,31,32)/b30-16-. The lowest BCUT2D eigenvalue weighted by Gasteiger charge is -2.14. The van der Waals surface area contributed by atoms with Crippen molar-refractivity contribution in [1.82, 2.24) is 5.43 Å². The van der Waals surface area contributed by atoms with E-state index in [4.69, 9.17) is 9.47 Å². The highest BCUT2D eigenvalue weighted by Crippen LogP contribution is 2.34. The second-order valence-electron chi connectivity index (χ2n) is 7.47. The van der Waals surface area contributed by atoms with Crippen molar-refractivity contribution < 1.29 is 14.3 Å². The van der Waals surface area contributed by atoms with Crippen LogP contribution in [0.3, 0.4) is 0 Å². The van der Waals surface area contributed by atoms with E-state index in [9.17, 15) is 4.79 Å². The number of hydrogen-bond donors (Lipinski definition) is 2. The molecule has 0 unspecified atom stereocenters. The Morgan fingerprint density at radius 2 is 1.76 bits per heavy atom. The molecule has 2 N–H and O–H groups in total. The number of hydrazone groups is 1. The summed E-state index contributed by atoms with van der Waals surface area (Å²) in [5.74, 6) is 1.03. The Balaban J connectivity index is 1.39. The number of anilines is 1. The lowest BCUT2D eigenvalue weighted by atomic mass is 10.1. The molecule has 0 atom stereocenters. The smallest absolute Gasteiger partial charge is 0.259 e. The fourth-order valence-electron chi connectivity index (χ4n) is 3.48. The average molecular weight is 565 g/mol. The van der Waals surface area contributed by atoms with Gasteiger partial charge in [0.05, 0.1) is 23.4 Å². The van der Waals surface area contributed by atoms with E-state index in [0.29, 0.717) is 18.1 Å². The molecule has 4 aromatic rings. The predicted octanol–water partition coefficient (Wildman–Crippen LogP) is 5.59. The summed E-state index contributed by atoms with van der Waals surface area (Å²) in [4.78, 5) is 12.0. The zero-order valence-electron chi connectivity index (χ0n) is 18.6. The second kappa shape index (κ2) is 11.5. The highest BCUT2D eigenvalue weighted by Gasteiger charge is 2.12. The van der Waals surface area contributed by atoms with Crippen molar-refractivity contribution in [3.05, 3.63) is 99.6 Å². The molecule has 0 spiro atoms. The Kier molecular flexibility index (Phi) is 7.98. The van der Waals surface area contributed by atoms with Gasteiger partial charge in [0.15, 0.2) is 11.5 Å². The number of amides is 1. The minimum Gasteiger partial charge on any atom is -0.493 e. The molecule has 0 saturated carbocycles. The van der Waals surface area contributed by atoms with Crippen molar-refractivity contribution in [2.75, 3.05) is 19.0 Å². The van der Waals surface area contributed by atoms with Crippen LogP contribution in [-0.2, 0) is 11.4 Å². The predicted molar refractivity (Wildman–Crippen MR) is 145 cm³/mol. The molecule has 0 fully saturated rings. The van der Waals surface area contributed by atoms with E-state index < -0.39 is 0 Å². The molecule has 4 aromatic carbocycles. The SMILES string of the molecule is COc1cc(/C=N\NC(=O)CNc2ccccc2)cc(I)c1OCc1cccc2ccccc12. The van der Waals surface area contributed by atoms with Crippen LogP contribution < -0.4 is 20.2 Å². The van der Waals surface area contributed by atoms with Crippen molar-refractivity contribution >= 4 is 51.2 Å². The first-order valence-electron chi connectivity index (χ1n) is 10.7.